The van der Waals surface area contributed by atoms with Crippen molar-refractivity contribution in [3.05, 3.63) is 146 Å². The van der Waals surface area contributed by atoms with Crippen LogP contribution in [0.2, 0.25) is 0 Å². The molecule has 0 fully saturated rings. The number of thiophene rings is 1. The molecule has 0 radical (unpaired) electrons. The van der Waals surface area contributed by atoms with E-state index in [9.17, 15) is 27.6 Å². The second-order valence-corrected chi connectivity index (χ2v) is 16.2. The number of aryl methyl sites for hydroxylation is 3. The standard InChI is InChI=1S/C43H42N2O8S2/c1-4-45(34-24-20-31(21-25-34)43(49)53-3)55(50,51)35-9-7-8-32(26-35)37(46)27-39-40(36-10-5-6-11-38(36)54-39)41(47)44-33-22-16-29(17-23-33)13-12-28-14-18-30(19-15-28)42(48)52-2/h7-9,14-26H,4-6,10-13,27H2,1-3H3,(H,44,47). The zero-order chi connectivity index (χ0) is 39.1. The molecule has 4 aromatic carbocycles. The Morgan fingerprint density at radius 2 is 1.33 bits per heavy atom. The molecular weight excluding hydrogens is 737 g/mol. The fourth-order valence-electron chi connectivity index (χ4n) is 6.75. The van der Waals surface area contributed by atoms with Gasteiger partial charge in [0.1, 0.15) is 0 Å². The molecule has 1 heterocycles. The number of Topliss-reactive ketones (excluding diaryl/α,β-unsaturated/α-hetero) is 1. The van der Waals surface area contributed by atoms with Gasteiger partial charge in [-0.3, -0.25) is 13.9 Å². The highest BCUT2D eigenvalue weighted by Gasteiger charge is 2.28. The minimum atomic E-state index is -4.07. The molecule has 12 heteroatoms. The molecule has 0 spiro atoms. The molecule has 0 bridgehead atoms. The first-order chi connectivity index (χ1) is 26.5. The van der Waals surface area contributed by atoms with Crippen molar-refractivity contribution in [2.45, 2.75) is 56.8 Å². The highest BCUT2D eigenvalue weighted by Crippen LogP contribution is 2.36. The number of carbonyl (C=O) groups excluding carboxylic acids is 4. The van der Waals surface area contributed by atoms with Gasteiger partial charge in [-0.25, -0.2) is 18.0 Å². The van der Waals surface area contributed by atoms with Gasteiger partial charge in [0.15, 0.2) is 5.78 Å². The number of ketones is 1. The molecule has 1 aliphatic rings. The number of nitrogens with one attached hydrogen (secondary N) is 1. The number of anilines is 2. The Labute approximate surface area is 325 Å². The molecule has 0 saturated heterocycles. The number of amides is 1. The molecule has 55 heavy (non-hydrogen) atoms. The van der Waals surface area contributed by atoms with Crippen molar-refractivity contribution in [1.29, 1.82) is 0 Å². The first-order valence-electron chi connectivity index (χ1n) is 18.1. The number of methoxy groups -OCH3 is 2. The third-order valence-corrected chi connectivity index (χ3v) is 12.9. The van der Waals surface area contributed by atoms with Crippen molar-refractivity contribution in [3.8, 4) is 0 Å². The van der Waals surface area contributed by atoms with Crippen molar-refractivity contribution in [2.24, 2.45) is 0 Å². The van der Waals surface area contributed by atoms with Gasteiger partial charge in [-0.15, -0.1) is 11.3 Å². The number of hydrogen-bond donors (Lipinski definition) is 1. The molecule has 1 amide bonds. The Hall–Kier alpha value is -5.59. The second kappa shape index (κ2) is 17.3. The minimum Gasteiger partial charge on any atom is -0.465 e. The topological polar surface area (TPSA) is 136 Å². The summed E-state index contributed by atoms with van der Waals surface area (Å²) < 4.78 is 38.4. The van der Waals surface area contributed by atoms with E-state index < -0.39 is 16.0 Å². The number of esters is 2. The summed E-state index contributed by atoms with van der Waals surface area (Å²) in [5.74, 6) is -1.46. The van der Waals surface area contributed by atoms with Gasteiger partial charge in [-0.05, 0) is 123 Å². The molecule has 0 unspecified atom stereocenters. The van der Waals surface area contributed by atoms with Gasteiger partial charge in [0.2, 0.25) is 0 Å². The van der Waals surface area contributed by atoms with E-state index in [4.69, 9.17) is 9.47 Å². The van der Waals surface area contributed by atoms with E-state index in [1.165, 1.54) is 54.1 Å². The van der Waals surface area contributed by atoms with Crippen LogP contribution in [0, 0.1) is 0 Å². The van der Waals surface area contributed by atoms with E-state index in [0.29, 0.717) is 32.9 Å². The maximum atomic E-state index is 13.9. The van der Waals surface area contributed by atoms with E-state index in [0.717, 1.165) is 60.1 Å². The van der Waals surface area contributed by atoms with Crippen LogP contribution in [0.4, 0.5) is 11.4 Å². The molecule has 0 aliphatic heterocycles. The van der Waals surface area contributed by atoms with Crippen LogP contribution in [-0.2, 0) is 51.6 Å². The number of carbonyl (C=O) groups is 4. The molecule has 10 nitrogen and oxygen atoms in total. The minimum absolute atomic E-state index is 0.0411. The Bertz CT molecular complexity index is 2310. The van der Waals surface area contributed by atoms with Crippen molar-refractivity contribution < 1.29 is 37.1 Å². The summed E-state index contributed by atoms with van der Waals surface area (Å²) in [5, 5.41) is 3.05. The zero-order valence-electron chi connectivity index (χ0n) is 30.9. The Morgan fingerprint density at radius 3 is 1.93 bits per heavy atom. The van der Waals surface area contributed by atoms with Crippen molar-refractivity contribution in [1.82, 2.24) is 0 Å². The predicted molar refractivity (Wildman–Crippen MR) is 213 cm³/mol. The number of ether oxygens (including phenoxy) is 2. The molecule has 1 N–H and O–H groups in total. The second-order valence-electron chi connectivity index (χ2n) is 13.2. The number of rotatable bonds is 14. The predicted octanol–water partition coefficient (Wildman–Crippen LogP) is 7.88. The maximum absolute atomic E-state index is 13.9. The lowest BCUT2D eigenvalue weighted by molar-refractivity contribution is 0.0592. The van der Waals surface area contributed by atoms with Crippen LogP contribution in [0.1, 0.15) is 87.6 Å². The number of hydrogen-bond acceptors (Lipinski definition) is 9. The van der Waals surface area contributed by atoms with Crippen molar-refractivity contribution in [3.63, 3.8) is 0 Å². The van der Waals surface area contributed by atoms with Crippen LogP contribution in [0.3, 0.4) is 0 Å². The van der Waals surface area contributed by atoms with Crippen LogP contribution in [0.5, 0.6) is 0 Å². The number of nitrogens with zero attached hydrogens (tertiary/aromatic N) is 1. The van der Waals surface area contributed by atoms with Crippen LogP contribution in [-0.4, -0.2) is 52.8 Å². The Morgan fingerprint density at radius 1 is 0.745 bits per heavy atom. The Kier molecular flexibility index (Phi) is 12.3. The average Bonchev–Trinajstić information content (AvgIpc) is 3.58. The molecule has 5 aromatic rings. The lowest BCUT2D eigenvalue weighted by Crippen LogP contribution is -2.31. The normalized spacial score (nSPS) is 12.3. The number of sulfonamides is 1. The zero-order valence-corrected chi connectivity index (χ0v) is 32.6. The van der Waals surface area contributed by atoms with Crippen molar-refractivity contribution >= 4 is 56.4 Å². The van der Waals surface area contributed by atoms with Gasteiger partial charge < -0.3 is 14.8 Å². The highest BCUT2D eigenvalue weighted by atomic mass is 32.2. The third kappa shape index (κ3) is 8.87. The third-order valence-electron chi connectivity index (χ3n) is 9.69. The van der Waals surface area contributed by atoms with Crippen LogP contribution in [0.15, 0.2) is 102 Å². The SMILES string of the molecule is CCN(c1ccc(C(=O)OC)cc1)S(=O)(=O)c1cccc(C(=O)Cc2sc3c(c2C(=O)Nc2ccc(CCc4ccc(C(=O)OC)cc4)cc2)CCCC3)c1. The quantitative estimate of drug-likeness (QED) is 0.0889. The van der Waals surface area contributed by atoms with Gasteiger partial charge in [0.05, 0.1) is 41.5 Å². The summed E-state index contributed by atoms with van der Waals surface area (Å²) in [6.45, 7) is 1.82. The maximum Gasteiger partial charge on any atom is 0.337 e. The molecular formula is C43H42N2O8S2. The number of fused-ring (bicyclic) bond motifs is 1. The largest absolute Gasteiger partial charge is 0.465 e. The molecule has 284 valence electrons. The van der Waals surface area contributed by atoms with Crippen LogP contribution in [0.25, 0.3) is 0 Å². The molecule has 0 saturated carbocycles. The Balaban J connectivity index is 1.16. The fraction of sp³-hybridized carbons (Fsp3) is 0.256. The molecule has 0 atom stereocenters. The lowest BCUT2D eigenvalue weighted by atomic mass is 9.93. The van der Waals surface area contributed by atoms with E-state index in [-0.39, 0.29) is 41.1 Å². The summed E-state index contributed by atoms with van der Waals surface area (Å²) in [6.07, 6.45) is 5.08. The van der Waals surface area contributed by atoms with E-state index in [2.05, 4.69) is 5.32 Å². The first-order valence-corrected chi connectivity index (χ1v) is 20.3. The molecule has 1 aromatic heterocycles. The van der Waals surface area contributed by atoms with Gasteiger partial charge in [-0.2, -0.15) is 0 Å². The van der Waals surface area contributed by atoms with Gasteiger partial charge in [0, 0.05) is 34.0 Å². The summed E-state index contributed by atoms with van der Waals surface area (Å²) in [7, 11) is -1.44. The lowest BCUT2D eigenvalue weighted by Gasteiger charge is -2.23. The van der Waals surface area contributed by atoms with Crippen LogP contribution < -0.4 is 9.62 Å². The average molecular weight is 779 g/mol. The summed E-state index contributed by atoms with van der Waals surface area (Å²) in [6, 6.07) is 27.1. The van der Waals surface area contributed by atoms with Gasteiger partial charge in [0.25, 0.3) is 15.9 Å². The van der Waals surface area contributed by atoms with E-state index >= 15 is 0 Å². The summed E-state index contributed by atoms with van der Waals surface area (Å²) >= 11 is 1.49. The first kappa shape index (κ1) is 39.1. The number of benzene rings is 4. The smallest absolute Gasteiger partial charge is 0.337 e. The summed E-state index contributed by atoms with van der Waals surface area (Å²) in [4.78, 5) is 53.1. The van der Waals surface area contributed by atoms with Crippen LogP contribution >= 0.6 is 11.3 Å². The van der Waals surface area contributed by atoms with E-state index in [1.54, 1.807) is 43.3 Å². The molecule has 1 aliphatic carbocycles. The highest BCUT2D eigenvalue weighted by molar-refractivity contribution is 7.92. The summed E-state index contributed by atoms with van der Waals surface area (Å²) in [5.41, 5.74) is 5.74. The fourth-order valence-corrected chi connectivity index (χ4v) is 9.66. The molecule has 6 rings (SSSR count). The van der Waals surface area contributed by atoms with Gasteiger partial charge in [-0.1, -0.05) is 36.4 Å². The van der Waals surface area contributed by atoms with Gasteiger partial charge >= 0.3 is 11.9 Å². The van der Waals surface area contributed by atoms with Crippen molar-refractivity contribution in [2.75, 3.05) is 30.4 Å². The van der Waals surface area contributed by atoms with E-state index in [1.807, 2.05) is 36.4 Å². The monoisotopic (exact) mass is 778 g/mol.